The van der Waals surface area contributed by atoms with E-state index >= 15 is 0 Å². The number of furan rings is 1. The lowest BCUT2D eigenvalue weighted by atomic mass is 10.1. The van der Waals surface area contributed by atoms with Gasteiger partial charge in [0.05, 0.1) is 6.26 Å². The first-order valence-electron chi connectivity index (χ1n) is 6.59. The van der Waals surface area contributed by atoms with Crippen molar-refractivity contribution in [3.63, 3.8) is 0 Å². The van der Waals surface area contributed by atoms with Gasteiger partial charge in [0.1, 0.15) is 12.4 Å². The van der Waals surface area contributed by atoms with Gasteiger partial charge in [-0.2, -0.15) is 0 Å². The van der Waals surface area contributed by atoms with Gasteiger partial charge in [0, 0.05) is 25.0 Å². The minimum atomic E-state index is 0.318. The normalized spacial score (nSPS) is 12.5. The van der Waals surface area contributed by atoms with E-state index in [-0.39, 0.29) is 0 Å². The van der Waals surface area contributed by atoms with E-state index in [0.29, 0.717) is 12.6 Å². The standard InChI is InChI=1S/C15H20N2O2/c1-13(14-5-2-7-16-11-14)17-8-4-9-18-12-15-6-3-10-19-15/h2-3,5-7,10-11,13,17H,4,8-9,12H2,1H3. The molecule has 1 unspecified atom stereocenters. The molecule has 0 aliphatic rings. The number of aromatic nitrogens is 1. The van der Waals surface area contributed by atoms with E-state index in [9.17, 15) is 0 Å². The Kier molecular flexibility index (Phi) is 5.59. The first-order valence-corrected chi connectivity index (χ1v) is 6.59. The maximum absolute atomic E-state index is 5.52. The van der Waals surface area contributed by atoms with Crippen molar-refractivity contribution in [1.82, 2.24) is 10.3 Å². The molecule has 0 aromatic carbocycles. The number of pyridine rings is 1. The van der Waals surface area contributed by atoms with Crippen LogP contribution >= 0.6 is 0 Å². The molecule has 0 aliphatic heterocycles. The van der Waals surface area contributed by atoms with Crippen molar-refractivity contribution in [3.8, 4) is 0 Å². The summed E-state index contributed by atoms with van der Waals surface area (Å²) < 4.78 is 10.7. The molecule has 0 saturated carbocycles. The fourth-order valence-electron chi connectivity index (χ4n) is 1.81. The third-order valence-corrected chi connectivity index (χ3v) is 2.92. The third-order valence-electron chi connectivity index (χ3n) is 2.92. The summed E-state index contributed by atoms with van der Waals surface area (Å²) in [6.07, 6.45) is 6.32. The molecule has 2 rings (SSSR count). The first kappa shape index (κ1) is 13.8. The summed E-state index contributed by atoms with van der Waals surface area (Å²) in [6.45, 7) is 4.34. The van der Waals surface area contributed by atoms with Gasteiger partial charge in [-0.3, -0.25) is 4.98 Å². The predicted molar refractivity (Wildman–Crippen MR) is 73.6 cm³/mol. The second kappa shape index (κ2) is 7.71. The number of ether oxygens (including phenoxy) is 1. The van der Waals surface area contributed by atoms with Crippen molar-refractivity contribution in [3.05, 3.63) is 54.2 Å². The zero-order chi connectivity index (χ0) is 13.3. The van der Waals surface area contributed by atoms with Gasteiger partial charge < -0.3 is 14.5 Å². The number of rotatable bonds is 8. The Morgan fingerprint density at radius 1 is 1.37 bits per heavy atom. The Morgan fingerprint density at radius 2 is 2.32 bits per heavy atom. The van der Waals surface area contributed by atoms with Gasteiger partial charge >= 0.3 is 0 Å². The molecule has 4 heteroatoms. The van der Waals surface area contributed by atoms with Gasteiger partial charge in [-0.05, 0) is 43.7 Å². The van der Waals surface area contributed by atoms with E-state index < -0.39 is 0 Å². The second-order valence-corrected chi connectivity index (χ2v) is 4.45. The molecule has 0 fully saturated rings. The molecular weight excluding hydrogens is 240 g/mol. The highest BCUT2D eigenvalue weighted by Crippen LogP contribution is 2.09. The van der Waals surface area contributed by atoms with E-state index in [1.807, 2.05) is 24.4 Å². The Morgan fingerprint density at radius 3 is 3.05 bits per heavy atom. The molecular formula is C15H20N2O2. The van der Waals surface area contributed by atoms with Crippen molar-refractivity contribution in [2.45, 2.75) is 26.0 Å². The van der Waals surface area contributed by atoms with Crippen LogP contribution in [-0.4, -0.2) is 18.1 Å². The molecule has 2 aromatic heterocycles. The summed E-state index contributed by atoms with van der Waals surface area (Å²) in [5, 5.41) is 3.45. The van der Waals surface area contributed by atoms with Gasteiger partial charge in [-0.1, -0.05) is 6.07 Å². The molecule has 0 amide bonds. The number of nitrogens with one attached hydrogen (secondary N) is 1. The van der Waals surface area contributed by atoms with Crippen LogP contribution in [-0.2, 0) is 11.3 Å². The molecule has 4 nitrogen and oxygen atoms in total. The monoisotopic (exact) mass is 260 g/mol. The van der Waals surface area contributed by atoms with Crippen molar-refractivity contribution >= 4 is 0 Å². The highest BCUT2D eigenvalue weighted by atomic mass is 16.5. The van der Waals surface area contributed by atoms with Crippen LogP contribution in [0.3, 0.4) is 0 Å². The van der Waals surface area contributed by atoms with Crippen LogP contribution in [0.1, 0.15) is 30.7 Å². The second-order valence-electron chi connectivity index (χ2n) is 4.45. The van der Waals surface area contributed by atoms with Crippen molar-refractivity contribution in [2.75, 3.05) is 13.2 Å². The summed E-state index contributed by atoms with van der Waals surface area (Å²) in [4.78, 5) is 4.12. The quantitative estimate of drug-likeness (QED) is 0.741. The molecule has 0 bridgehead atoms. The van der Waals surface area contributed by atoms with E-state index in [4.69, 9.17) is 9.15 Å². The van der Waals surface area contributed by atoms with Crippen molar-refractivity contribution < 1.29 is 9.15 Å². The molecule has 0 aliphatic carbocycles. The van der Waals surface area contributed by atoms with Crippen LogP contribution in [0.2, 0.25) is 0 Å². The molecule has 0 radical (unpaired) electrons. The Hall–Kier alpha value is -1.65. The van der Waals surface area contributed by atoms with Crippen LogP contribution in [0, 0.1) is 0 Å². The summed E-state index contributed by atoms with van der Waals surface area (Å²) in [5.41, 5.74) is 1.21. The minimum absolute atomic E-state index is 0.318. The minimum Gasteiger partial charge on any atom is -0.467 e. The van der Waals surface area contributed by atoms with Gasteiger partial charge in [0.25, 0.3) is 0 Å². The highest BCUT2D eigenvalue weighted by molar-refractivity contribution is 5.12. The van der Waals surface area contributed by atoms with Gasteiger partial charge in [-0.25, -0.2) is 0 Å². The predicted octanol–water partition coefficient (Wildman–Crippen LogP) is 2.93. The van der Waals surface area contributed by atoms with Crippen molar-refractivity contribution in [2.24, 2.45) is 0 Å². The Bertz CT molecular complexity index is 442. The lowest BCUT2D eigenvalue weighted by molar-refractivity contribution is 0.104. The SMILES string of the molecule is CC(NCCCOCc1ccco1)c1cccnc1. The van der Waals surface area contributed by atoms with Crippen LogP contribution in [0.5, 0.6) is 0 Å². The van der Waals surface area contributed by atoms with Crippen LogP contribution < -0.4 is 5.32 Å². The maximum atomic E-state index is 5.52. The molecule has 0 saturated heterocycles. The average molecular weight is 260 g/mol. The molecule has 102 valence electrons. The van der Waals surface area contributed by atoms with E-state index in [0.717, 1.165) is 25.3 Å². The Labute approximate surface area is 113 Å². The summed E-state index contributed by atoms with van der Waals surface area (Å²) in [6, 6.07) is 8.15. The average Bonchev–Trinajstić information content (AvgIpc) is 2.96. The topological polar surface area (TPSA) is 47.3 Å². The molecule has 0 spiro atoms. The highest BCUT2D eigenvalue weighted by Gasteiger charge is 2.03. The molecule has 19 heavy (non-hydrogen) atoms. The van der Waals surface area contributed by atoms with Crippen LogP contribution in [0.4, 0.5) is 0 Å². The maximum Gasteiger partial charge on any atom is 0.129 e. The van der Waals surface area contributed by atoms with E-state index in [1.165, 1.54) is 5.56 Å². The number of hydrogen-bond donors (Lipinski definition) is 1. The molecule has 2 heterocycles. The summed E-state index contributed by atoms with van der Waals surface area (Å²) in [5.74, 6) is 0.872. The molecule has 1 N–H and O–H groups in total. The molecule has 2 aromatic rings. The van der Waals surface area contributed by atoms with Crippen LogP contribution in [0.25, 0.3) is 0 Å². The largest absolute Gasteiger partial charge is 0.467 e. The van der Waals surface area contributed by atoms with Crippen LogP contribution in [0.15, 0.2) is 47.3 Å². The fourth-order valence-corrected chi connectivity index (χ4v) is 1.81. The summed E-state index contributed by atoms with van der Waals surface area (Å²) in [7, 11) is 0. The van der Waals surface area contributed by atoms with E-state index in [1.54, 1.807) is 12.5 Å². The van der Waals surface area contributed by atoms with Gasteiger partial charge in [-0.15, -0.1) is 0 Å². The number of nitrogens with zero attached hydrogens (tertiary/aromatic N) is 1. The Balaban J connectivity index is 1.54. The van der Waals surface area contributed by atoms with Gasteiger partial charge in [0.2, 0.25) is 0 Å². The van der Waals surface area contributed by atoms with Crippen molar-refractivity contribution in [1.29, 1.82) is 0 Å². The third kappa shape index (κ3) is 4.85. The summed E-state index contributed by atoms with van der Waals surface area (Å²) >= 11 is 0. The van der Waals surface area contributed by atoms with Gasteiger partial charge in [0.15, 0.2) is 0 Å². The fraction of sp³-hybridized carbons (Fsp3) is 0.400. The zero-order valence-corrected chi connectivity index (χ0v) is 11.2. The zero-order valence-electron chi connectivity index (χ0n) is 11.2. The smallest absolute Gasteiger partial charge is 0.129 e. The lowest BCUT2D eigenvalue weighted by Crippen LogP contribution is -2.21. The molecule has 1 atom stereocenters. The first-order chi connectivity index (χ1) is 9.36. The number of hydrogen-bond acceptors (Lipinski definition) is 4. The van der Waals surface area contributed by atoms with E-state index in [2.05, 4.69) is 23.3 Å². The lowest BCUT2D eigenvalue weighted by Gasteiger charge is -2.13.